The van der Waals surface area contributed by atoms with Crippen LogP contribution in [0.5, 0.6) is 5.75 Å². The number of nitrogens with two attached hydrogens (primary N) is 1. The van der Waals surface area contributed by atoms with Gasteiger partial charge in [-0.25, -0.2) is 0 Å². The number of carbonyl (C=O) groups is 2. The number of amides is 2. The summed E-state index contributed by atoms with van der Waals surface area (Å²) < 4.78 is 5.86. The zero-order valence-electron chi connectivity index (χ0n) is 21.6. The van der Waals surface area contributed by atoms with Crippen LogP contribution >= 0.6 is 0 Å². The summed E-state index contributed by atoms with van der Waals surface area (Å²) >= 11 is 0. The summed E-state index contributed by atoms with van der Waals surface area (Å²) in [6.07, 6.45) is 11.9. The number of hydrogen-bond donors (Lipinski definition) is 3. The summed E-state index contributed by atoms with van der Waals surface area (Å²) in [7, 11) is 0. The van der Waals surface area contributed by atoms with Crippen LogP contribution in [0.1, 0.15) is 69.4 Å². The van der Waals surface area contributed by atoms with Gasteiger partial charge in [0.25, 0.3) is 0 Å². The summed E-state index contributed by atoms with van der Waals surface area (Å²) in [6.45, 7) is 3.95. The van der Waals surface area contributed by atoms with Gasteiger partial charge in [0, 0.05) is 31.3 Å². The molecule has 1 aromatic heterocycles. The van der Waals surface area contributed by atoms with Crippen molar-refractivity contribution >= 4 is 11.8 Å². The Kier molecular flexibility index (Phi) is 11.7. The lowest BCUT2D eigenvalue weighted by atomic mass is 9.81. The van der Waals surface area contributed by atoms with Gasteiger partial charge >= 0.3 is 0 Å². The van der Waals surface area contributed by atoms with E-state index < -0.39 is 6.04 Å². The first-order valence-corrected chi connectivity index (χ1v) is 13.5. The number of benzene rings is 1. The molecule has 7 nitrogen and oxygen atoms in total. The third kappa shape index (κ3) is 9.26. The van der Waals surface area contributed by atoms with Crippen molar-refractivity contribution in [1.82, 2.24) is 15.6 Å². The molecule has 0 saturated heterocycles. The molecule has 1 atom stereocenters. The highest BCUT2D eigenvalue weighted by Gasteiger charge is 2.29. The molecule has 1 aliphatic carbocycles. The maximum Gasteiger partial charge on any atom is 0.242 e. The van der Waals surface area contributed by atoms with E-state index in [1.165, 1.54) is 0 Å². The lowest BCUT2D eigenvalue weighted by Crippen LogP contribution is -2.50. The maximum absolute atomic E-state index is 13.1. The summed E-state index contributed by atoms with van der Waals surface area (Å²) in [6, 6.07) is 11.0. The van der Waals surface area contributed by atoms with E-state index in [4.69, 9.17) is 10.5 Å². The van der Waals surface area contributed by atoms with Crippen LogP contribution in [-0.2, 0) is 22.6 Å². The predicted octanol–water partition coefficient (Wildman–Crippen LogP) is 4.15. The highest BCUT2D eigenvalue weighted by Crippen LogP contribution is 2.28. The Morgan fingerprint density at radius 3 is 2.39 bits per heavy atom. The lowest BCUT2D eigenvalue weighted by molar-refractivity contribution is -0.131. The molecule has 0 radical (unpaired) electrons. The molecular weight excluding hydrogens is 452 g/mol. The number of ether oxygens (including phenoxy) is 1. The molecular formula is C29H42N4O3. The van der Waals surface area contributed by atoms with Crippen LogP contribution in [0, 0.1) is 11.8 Å². The number of nitrogens with zero attached hydrogens (tertiary/aromatic N) is 1. The molecule has 36 heavy (non-hydrogen) atoms. The molecule has 0 unspecified atom stereocenters. The molecule has 1 aromatic carbocycles. The van der Waals surface area contributed by atoms with Crippen LogP contribution in [0.3, 0.4) is 0 Å². The molecule has 4 N–H and O–H groups in total. The minimum absolute atomic E-state index is 0.0195. The van der Waals surface area contributed by atoms with Crippen molar-refractivity contribution in [3.05, 3.63) is 59.9 Å². The fraction of sp³-hybridized carbons (Fsp3) is 0.552. The Morgan fingerprint density at radius 1 is 1.00 bits per heavy atom. The largest absolute Gasteiger partial charge is 0.489 e. The Morgan fingerprint density at radius 2 is 1.72 bits per heavy atom. The SMILES string of the molecule is CCCCCCNC(=O)[C@H](Cc1ccc(OCc2ccncc2)cc1)NC(=O)C1CCC(CN)CC1. The summed E-state index contributed by atoms with van der Waals surface area (Å²) in [4.78, 5) is 30.1. The zero-order chi connectivity index (χ0) is 25.6. The van der Waals surface area contributed by atoms with Gasteiger partial charge in [-0.3, -0.25) is 14.6 Å². The second-order valence-corrected chi connectivity index (χ2v) is 9.86. The topological polar surface area (TPSA) is 106 Å². The van der Waals surface area contributed by atoms with Gasteiger partial charge in [-0.05, 0) is 80.0 Å². The second-order valence-electron chi connectivity index (χ2n) is 9.86. The van der Waals surface area contributed by atoms with Crippen LogP contribution in [-0.4, -0.2) is 35.9 Å². The fourth-order valence-electron chi connectivity index (χ4n) is 4.65. The number of carbonyl (C=O) groups excluding carboxylic acids is 2. The van der Waals surface area contributed by atoms with Gasteiger partial charge < -0.3 is 21.1 Å². The first-order valence-electron chi connectivity index (χ1n) is 13.5. The highest BCUT2D eigenvalue weighted by molar-refractivity contribution is 5.88. The Balaban J connectivity index is 1.57. The van der Waals surface area contributed by atoms with Gasteiger partial charge in [0.15, 0.2) is 0 Å². The third-order valence-electron chi connectivity index (χ3n) is 7.03. The van der Waals surface area contributed by atoms with Crippen molar-refractivity contribution < 1.29 is 14.3 Å². The number of pyridine rings is 1. The van der Waals surface area contributed by atoms with Gasteiger partial charge in [-0.1, -0.05) is 38.3 Å². The molecule has 7 heteroatoms. The number of unbranched alkanes of at least 4 members (excludes halogenated alkanes) is 3. The van der Waals surface area contributed by atoms with E-state index in [1.807, 2.05) is 36.4 Å². The highest BCUT2D eigenvalue weighted by atomic mass is 16.5. The van der Waals surface area contributed by atoms with Crippen LogP contribution in [0.4, 0.5) is 0 Å². The number of hydrogen-bond acceptors (Lipinski definition) is 5. The normalized spacial score (nSPS) is 18.3. The number of rotatable bonds is 14. The standard InChI is InChI=1S/C29H42N4O3/c1-2-3-4-5-16-32-29(35)27(33-28(34)25-10-6-23(20-30)7-11-25)19-22-8-12-26(13-9-22)36-21-24-14-17-31-18-15-24/h8-9,12-15,17-18,23,25,27H,2-7,10-11,16,19-21,30H2,1H3,(H,32,35)(H,33,34)/t23?,25?,27-/m0/s1. The minimum Gasteiger partial charge on any atom is -0.489 e. The Labute approximate surface area is 215 Å². The number of aromatic nitrogens is 1. The van der Waals surface area contributed by atoms with Crippen LogP contribution < -0.4 is 21.1 Å². The van der Waals surface area contributed by atoms with Crippen molar-refractivity contribution in [2.24, 2.45) is 17.6 Å². The van der Waals surface area contributed by atoms with Crippen molar-refractivity contribution in [3.8, 4) is 5.75 Å². The van der Waals surface area contributed by atoms with Crippen molar-refractivity contribution in [1.29, 1.82) is 0 Å². The fourth-order valence-corrected chi connectivity index (χ4v) is 4.65. The first kappa shape index (κ1) is 27.7. The Hall–Kier alpha value is -2.93. The van der Waals surface area contributed by atoms with Crippen molar-refractivity contribution in [2.45, 2.75) is 77.4 Å². The third-order valence-corrected chi connectivity index (χ3v) is 7.03. The van der Waals surface area contributed by atoms with Gasteiger partial charge in [0.2, 0.25) is 11.8 Å². The molecule has 0 aliphatic heterocycles. The molecule has 1 saturated carbocycles. The molecule has 1 aliphatic rings. The Bertz CT molecular complexity index is 912. The monoisotopic (exact) mass is 494 g/mol. The van der Waals surface area contributed by atoms with Gasteiger partial charge in [-0.2, -0.15) is 0 Å². The van der Waals surface area contributed by atoms with Crippen molar-refractivity contribution in [3.63, 3.8) is 0 Å². The molecule has 0 spiro atoms. The van der Waals surface area contributed by atoms with E-state index in [-0.39, 0.29) is 17.7 Å². The predicted molar refractivity (Wildman–Crippen MR) is 142 cm³/mol. The van der Waals surface area contributed by atoms with E-state index in [9.17, 15) is 9.59 Å². The maximum atomic E-state index is 13.1. The second kappa shape index (κ2) is 15.2. The van der Waals surface area contributed by atoms with Crippen LogP contribution in [0.15, 0.2) is 48.8 Å². The average Bonchev–Trinajstić information content (AvgIpc) is 2.92. The zero-order valence-corrected chi connectivity index (χ0v) is 21.6. The molecule has 0 bridgehead atoms. The summed E-state index contributed by atoms with van der Waals surface area (Å²) in [5.74, 6) is 1.09. The van der Waals surface area contributed by atoms with Gasteiger partial charge in [0.05, 0.1) is 0 Å². The van der Waals surface area contributed by atoms with E-state index in [2.05, 4.69) is 22.5 Å². The van der Waals surface area contributed by atoms with Crippen LogP contribution in [0.25, 0.3) is 0 Å². The minimum atomic E-state index is -0.598. The lowest BCUT2D eigenvalue weighted by Gasteiger charge is -2.28. The van der Waals surface area contributed by atoms with E-state index >= 15 is 0 Å². The molecule has 2 amide bonds. The quantitative estimate of drug-likeness (QED) is 0.342. The summed E-state index contributed by atoms with van der Waals surface area (Å²) in [5, 5.41) is 6.10. The molecule has 196 valence electrons. The van der Waals surface area contributed by atoms with Crippen LogP contribution in [0.2, 0.25) is 0 Å². The molecule has 2 aromatic rings. The molecule has 3 rings (SSSR count). The molecule has 1 heterocycles. The average molecular weight is 495 g/mol. The van der Waals surface area contributed by atoms with E-state index in [1.54, 1.807) is 12.4 Å². The number of nitrogens with one attached hydrogen (secondary N) is 2. The summed E-state index contributed by atoms with van der Waals surface area (Å²) in [5.41, 5.74) is 7.83. The van der Waals surface area contributed by atoms with E-state index in [0.717, 1.165) is 68.2 Å². The van der Waals surface area contributed by atoms with Gasteiger partial charge in [0.1, 0.15) is 18.4 Å². The molecule has 1 fully saturated rings. The van der Waals surface area contributed by atoms with E-state index in [0.29, 0.717) is 32.0 Å². The smallest absolute Gasteiger partial charge is 0.242 e. The van der Waals surface area contributed by atoms with Crippen molar-refractivity contribution in [2.75, 3.05) is 13.1 Å². The van der Waals surface area contributed by atoms with Gasteiger partial charge in [-0.15, -0.1) is 0 Å². The first-order chi connectivity index (χ1) is 17.6.